The maximum atomic E-state index is 5.69. The molecule has 0 bridgehead atoms. The molecule has 0 spiro atoms. The highest BCUT2D eigenvalue weighted by Crippen LogP contribution is 2.22. The molecule has 1 unspecified atom stereocenters. The van der Waals surface area contributed by atoms with E-state index in [4.69, 9.17) is 9.47 Å². The monoisotopic (exact) mass is 235 g/mol. The van der Waals surface area contributed by atoms with Gasteiger partial charge in [-0.2, -0.15) is 0 Å². The standard InChI is InChI=1S/C14H21NO2/c1-11-9-12(6-7-14(11)16-2)15-10-13-5-3-4-8-17-13/h6-7,9,13,15H,3-5,8,10H2,1-2H3. The number of hydrogen-bond donors (Lipinski definition) is 1. The lowest BCUT2D eigenvalue weighted by Gasteiger charge is -2.23. The van der Waals surface area contributed by atoms with Crippen LogP contribution in [-0.4, -0.2) is 26.4 Å². The lowest BCUT2D eigenvalue weighted by atomic mass is 10.1. The average Bonchev–Trinajstić information content (AvgIpc) is 2.38. The molecule has 1 fully saturated rings. The van der Waals surface area contributed by atoms with E-state index in [9.17, 15) is 0 Å². The predicted molar refractivity (Wildman–Crippen MR) is 69.8 cm³/mol. The Bertz CT molecular complexity index is 359. The van der Waals surface area contributed by atoms with Crippen LogP contribution in [0.3, 0.4) is 0 Å². The SMILES string of the molecule is COc1ccc(NCC2CCCCO2)cc1C. The number of nitrogens with one attached hydrogen (secondary N) is 1. The summed E-state index contributed by atoms with van der Waals surface area (Å²) in [7, 11) is 1.70. The third-order valence-corrected chi connectivity index (χ3v) is 3.20. The third-order valence-electron chi connectivity index (χ3n) is 3.20. The fraction of sp³-hybridized carbons (Fsp3) is 0.571. The van der Waals surface area contributed by atoms with Gasteiger partial charge in [0.1, 0.15) is 5.75 Å². The minimum atomic E-state index is 0.367. The highest BCUT2D eigenvalue weighted by atomic mass is 16.5. The molecule has 1 aliphatic rings. The van der Waals surface area contributed by atoms with Crippen LogP contribution in [-0.2, 0) is 4.74 Å². The van der Waals surface area contributed by atoms with E-state index in [0.717, 1.165) is 30.2 Å². The highest BCUT2D eigenvalue weighted by molar-refractivity contribution is 5.50. The minimum Gasteiger partial charge on any atom is -0.496 e. The van der Waals surface area contributed by atoms with Gasteiger partial charge in [0.25, 0.3) is 0 Å². The first-order valence-corrected chi connectivity index (χ1v) is 6.29. The molecular weight excluding hydrogens is 214 g/mol. The second-order valence-electron chi connectivity index (χ2n) is 4.55. The van der Waals surface area contributed by atoms with Crippen molar-refractivity contribution in [3.8, 4) is 5.75 Å². The third kappa shape index (κ3) is 3.37. The molecule has 3 nitrogen and oxygen atoms in total. The number of anilines is 1. The van der Waals surface area contributed by atoms with Gasteiger partial charge >= 0.3 is 0 Å². The molecule has 0 saturated carbocycles. The van der Waals surface area contributed by atoms with Crippen LogP contribution in [0.5, 0.6) is 5.75 Å². The Hall–Kier alpha value is -1.22. The molecule has 1 N–H and O–H groups in total. The summed E-state index contributed by atoms with van der Waals surface area (Å²) in [5.74, 6) is 0.935. The molecule has 94 valence electrons. The summed E-state index contributed by atoms with van der Waals surface area (Å²) in [6.45, 7) is 3.86. The van der Waals surface area contributed by atoms with Gasteiger partial charge in [-0.1, -0.05) is 0 Å². The van der Waals surface area contributed by atoms with Gasteiger partial charge in [-0.3, -0.25) is 0 Å². The van der Waals surface area contributed by atoms with Crippen molar-refractivity contribution in [1.82, 2.24) is 0 Å². The predicted octanol–water partition coefficient (Wildman–Crippen LogP) is 2.98. The average molecular weight is 235 g/mol. The van der Waals surface area contributed by atoms with Crippen molar-refractivity contribution in [3.05, 3.63) is 23.8 Å². The maximum absolute atomic E-state index is 5.69. The normalized spacial score (nSPS) is 20.0. The molecular formula is C14H21NO2. The Morgan fingerprint density at radius 3 is 2.94 bits per heavy atom. The van der Waals surface area contributed by atoms with Gasteiger partial charge in [0.2, 0.25) is 0 Å². The van der Waals surface area contributed by atoms with Crippen molar-refractivity contribution >= 4 is 5.69 Å². The van der Waals surface area contributed by atoms with E-state index in [-0.39, 0.29) is 0 Å². The van der Waals surface area contributed by atoms with Gasteiger partial charge in [0.05, 0.1) is 13.2 Å². The van der Waals surface area contributed by atoms with Crippen LogP contribution in [0.25, 0.3) is 0 Å². The van der Waals surface area contributed by atoms with Gasteiger partial charge in [0, 0.05) is 18.8 Å². The van der Waals surface area contributed by atoms with Crippen molar-refractivity contribution < 1.29 is 9.47 Å². The number of hydrogen-bond acceptors (Lipinski definition) is 3. The smallest absolute Gasteiger partial charge is 0.121 e. The zero-order chi connectivity index (χ0) is 12.1. The second kappa shape index (κ2) is 5.92. The first-order chi connectivity index (χ1) is 8.29. The first kappa shape index (κ1) is 12.2. The van der Waals surface area contributed by atoms with Crippen LogP contribution in [0.15, 0.2) is 18.2 Å². The molecule has 1 aromatic carbocycles. The summed E-state index contributed by atoms with van der Waals surface area (Å²) in [5, 5.41) is 3.43. The molecule has 1 atom stereocenters. The summed E-state index contributed by atoms with van der Waals surface area (Å²) in [5.41, 5.74) is 2.29. The molecule has 17 heavy (non-hydrogen) atoms. The van der Waals surface area contributed by atoms with Crippen molar-refractivity contribution in [2.45, 2.75) is 32.3 Å². The van der Waals surface area contributed by atoms with Gasteiger partial charge in [-0.25, -0.2) is 0 Å². The Labute approximate surface area is 103 Å². The molecule has 2 rings (SSSR count). The van der Waals surface area contributed by atoms with Gasteiger partial charge in [-0.15, -0.1) is 0 Å². The fourth-order valence-corrected chi connectivity index (χ4v) is 2.19. The van der Waals surface area contributed by atoms with E-state index < -0.39 is 0 Å². The Balaban J connectivity index is 1.87. The van der Waals surface area contributed by atoms with E-state index in [1.807, 2.05) is 6.07 Å². The van der Waals surface area contributed by atoms with Crippen molar-refractivity contribution in [3.63, 3.8) is 0 Å². The minimum absolute atomic E-state index is 0.367. The van der Waals surface area contributed by atoms with Crippen LogP contribution in [0.2, 0.25) is 0 Å². The number of rotatable bonds is 4. The number of benzene rings is 1. The number of aryl methyl sites for hydroxylation is 1. The van der Waals surface area contributed by atoms with Crippen LogP contribution in [0, 0.1) is 6.92 Å². The summed E-state index contributed by atoms with van der Waals surface area (Å²) in [6.07, 6.45) is 4.03. The van der Waals surface area contributed by atoms with Crippen LogP contribution in [0.1, 0.15) is 24.8 Å². The summed E-state index contributed by atoms with van der Waals surface area (Å²) in [6, 6.07) is 6.16. The molecule has 1 saturated heterocycles. The molecule has 0 amide bonds. The molecule has 0 aliphatic carbocycles. The van der Waals surface area contributed by atoms with E-state index in [1.54, 1.807) is 7.11 Å². The molecule has 1 aliphatic heterocycles. The molecule has 3 heteroatoms. The quantitative estimate of drug-likeness (QED) is 0.870. The van der Waals surface area contributed by atoms with Gasteiger partial charge in [0.15, 0.2) is 0 Å². The van der Waals surface area contributed by atoms with Crippen molar-refractivity contribution in [2.24, 2.45) is 0 Å². The summed E-state index contributed by atoms with van der Waals surface area (Å²) in [4.78, 5) is 0. The van der Waals surface area contributed by atoms with Crippen molar-refractivity contribution in [1.29, 1.82) is 0 Å². The molecule has 0 aromatic heterocycles. The molecule has 1 aromatic rings. The Morgan fingerprint density at radius 2 is 2.29 bits per heavy atom. The zero-order valence-electron chi connectivity index (χ0n) is 10.7. The zero-order valence-corrected chi connectivity index (χ0v) is 10.7. The summed E-state index contributed by atoms with van der Waals surface area (Å²) >= 11 is 0. The highest BCUT2D eigenvalue weighted by Gasteiger charge is 2.13. The van der Waals surface area contributed by atoms with E-state index in [1.165, 1.54) is 19.3 Å². The maximum Gasteiger partial charge on any atom is 0.121 e. The lowest BCUT2D eigenvalue weighted by Crippen LogP contribution is -2.26. The number of methoxy groups -OCH3 is 1. The van der Waals surface area contributed by atoms with Crippen molar-refractivity contribution in [2.75, 3.05) is 25.6 Å². The second-order valence-corrected chi connectivity index (χ2v) is 4.55. The molecule has 1 heterocycles. The fourth-order valence-electron chi connectivity index (χ4n) is 2.19. The van der Waals surface area contributed by atoms with Crippen LogP contribution in [0.4, 0.5) is 5.69 Å². The van der Waals surface area contributed by atoms with E-state index >= 15 is 0 Å². The Kier molecular flexibility index (Phi) is 4.26. The lowest BCUT2D eigenvalue weighted by molar-refractivity contribution is 0.0247. The first-order valence-electron chi connectivity index (χ1n) is 6.29. The van der Waals surface area contributed by atoms with Gasteiger partial charge in [-0.05, 0) is 49.9 Å². The van der Waals surface area contributed by atoms with Gasteiger partial charge < -0.3 is 14.8 Å². The van der Waals surface area contributed by atoms with Crippen LogP contribution >= 0.6 is 0 Å². The van der Waals surface area contributed by atoms with E-state index in [2.05, 4.69) is 24.4 Å². The topological polar surface area (TPSA) is 30.5 Å². The largest absolute Gasteiger partial charge is 0.496 e. The van der Waals surface area contributed by atoms with E-state index in [0.29, 0.717) is 6.10 Å². The molecule has 0 radical (unpaired) electrons. The number of ether oxygens (including phenoxy) is 2. The van der Waals surface area contributed by atoms with Crippen LogP contribution < -0.4 is 10.1 Å². The Morgan fingerprint density at radius 1 is 1.41 bits per heavy atom. The summed E-state index contributed by atoms with van der Waals surface area (Å²) < 4.78 is 10.9.